The molecule has 0 unspecified atom stereocenters. The molecular formula is C20H42N4O3Si. The van der Waals surface area contributed by atoms with Crippen LogP contribution in [-0.4, -0.2) is 48.8 Å². The average molecular weight is 415 g/mol. The van der Waals surface area contributed by atoms with Crippen molar-refractivity contribution < 1.29 is 13.3 Å². The lowest BCUT2D eigenvalue weighted by Gasteiger charge is -2.28. The molecule has 1 heterocycles. The van der Waals surface area contributed by atoms with E-state index in [2.05, 4.69) is 22.4 Å². The van der Waals surface area contributed by atoms with E-state index in [9.17, 15) is 0 Å². The molecule has 0 bridgehead atoms. The summed E-state index contributed by atoms with van der Waals surface area (Å²) in [7, 11) is -2.58. The Morgan fingerprint density at radius 1 is 0.750 bits per heavy atom. The Labute approximate surface area is 172 Å². The molecule has 1 aromatic rings. The SMILES string of the molecule is CCCCCCCCCCc1nnnn1CCC[Si](OCC)(OCC)OCC. The Morgan fingerprint density at radius 2 is 1.32 bits per heavy atom. The number of unbranched alkanes of at least 4 members (excludes halogenated alkanes) is 7. The average Bonchev–Trinajstić information content (AvgIpc) is 3.12. The van der Waals surface area contributed by atoms with Crippen LogP contribution in [0.15, 0.2) is 0 Å². The van der Waals surface area contributed by atoms with Gasteiger partial charge in [-0.2, -0.15) is 0 Å². The molecule has 0 saturated heterocycles. The molecule has 28 heavy (non-hydrogen) atoms. The highest BCUT2D eigenvalue weighted by molar-refractivity contribution is 6.60. The van der Waals surface area contributed by atoms with Gasteiger partial charge >= 0.3 is 8.80 Å². The zero-order valence-corrected chi connectivity index (χ0v) is 19.6. The predicted octanol–water partition coefficient (Wildman–Crippen LogP) is 4.79. The van der Waals surface area contributed by atoms with Gasteiger partial charge in [-0.3, -0.25) is 0 Å². The van der Waals surface area contributed by atoms with Crippen LogP contribution in [0.5, 0.6) is 0 Å². The highest BCUT2D eigenvalue weighted by atomic mass is 28.4. The predicted molar refractivity (Wildman–Crippen MR) is 114 cm³/mol. The van der Waals surface area contributed by atoms with E-state index in [4.69, 9.17) is 13.3 Å². The first-order valence-electron chi connectivity index (χ1n) is 11.4. The summed E-state index contributed by atoms with van der Waals surface area (Å²) in [5, 5.41) is 12.3. The minimum absolute atomic E-state index is 0.612. The van der Waals surface area contributed by atoms with Gasteiger partial charge in [0.05, 0.1) is 0 Å². The van der Waals surface area contributed by atoms with Crippen molar-refractivity contribution in [2.45, 2.75) is 104 Å². The molecular weight excluding hydrogens is 372 g/mol. The highest BCUT2D eigenvalue weighted by Crippen LogP contribution is 2.19. The summed E-state index contributed by atoms with van der Waals surface area (Å²) in [6, 6.07) is 0.791. The Balaban J connectivity index is 2.34. The van der Waals surface area contributed by atoms with Gasteiger partial charge in [0.1, 0.15) is 0 Å². The zero-order valence-electron chi connectivity index (χ0n) is 18.6. The molecule has 0 spiro atoms. The fraction of sp³-hybridized carbons (Fsp3) is 0.950. The summed E-state index contributed by atoms with van der Waals surface area (Å²) < 4.78 is 19.7. The summed E-state index contributed by atoms with van der Waals surface area (Å²) in [4.78, 5) is 0. The van der Waals surface area contributed by atoms with Crippen molar-refractivity contribution in [3.8, 4) is 0 Å². The van der Waals surface area contributed by atoms with Crippen molar-refractivity contribution in [1.82, 2.24) is 20.2 Å². The molecule has 0 aromatic carbocycles. The fourth-order valence-corrected chi connectivity index (χ4v) is 6.03. The maximum Gasteiger partial charge on any atom is 0.500 e. The van der Waals surface area contributed by atoms with Crippen molar-refractivity contribution in [1.29, 1.82) is 0 Å². The minimum atomic E-state index is -2.58. The van der Waals surface area contributed by atoms with Gasteiger partial charge < -0.3 is 13.3 Å². The van der Waals surface area contributed by atoms with E-state index in [1.165, 1.54) is 44.9 Å². The standard InChI is InChI=1S/C20H42N4O3Si/c1-5-9-10-11-12-13-14-15-17-20-21-22-23-24(20)18-16-19-28(25-6-2,26-7-3)27-8-4/h5-19H2,1-4H3. The Hall–Kier alpha value is -0.833. The zero-order chi connectivity index (χ0) is 20.5. The smallest absolute Gasteiger partial charge is 0.374 e. The third-order valence-electron chi connectivity index (χ3n) is 4.81. The summed E-state index contributed by atoms with van der Waals surface area (Å²) in [6.45, 7) is 10.8. The second-order valence-corrected chi connectivity index (χ2v) is 9.86. The Bertz CT molecular complexity index is 471. The third kappa shape index (κ3) is 10.1. The van der Waals surface area contributed by atoms with Gasteiger partial charge in [0.15, 0.2) is 5.82 Å². The lowest BCUT2D eigenvalue weighted by molar-refractivity contribution is 0.0704. The lowest BCUT2D eigenvalue weighted by Crippen LogP contribution is -2.46. The first-order chi connectivity index (χ1) is 13.7. The highest BCUT2D eigenvalue weighted by Gasteiger charge is 2.39. The quantitative estimate of drug-likeness (QED) is 0.239. The van der Waals surface area contributed by atoms with Crippen LogP contribution in [0.3, 0.4) is 0 Å². The molecule has 8 heteroatoms. The number of aromatic nitrogens is 4. The third-order valence-corrected chi connectivity index (χ3v) is 7.96. The van der Waals surface area contributed by atoms with Crippen LogP contribution in [0.2, 0.25) is 6.04 Å². The second-order valence-electron chi connectivity index (χ2n) is 7.13. The van der Waals surface area contributed by atoms with E-state index >= 15 is 0 Å². The first kappa shape index (κ1) is 25.2. The van der Waals surface area contributed by atoms with Crippen molar-refractivity contribution in [3.05, 3.63) is 5.82 Å². The number of rotatable bonds is 19. The summed E-state index contributed by atoms with van der Waals surface area (Å²) >= 11 is 0. The van der Waals surface area contributed by atoms with Crippen molar-refractivity contribution in [2.75, 3.05) is 19.8 Å². The van der Waals surface area contributed by atoms with Crippen molar-refractivity contribution >= 4 is 8.80 Å². The molecule has 0 N–H and O–H groups in total. The number of hydrogen-bond acceptors (Lipinski definition) is 6. The fourth-order valence-electron chi connectivity index (χ4n) is 3.44. The van der Waals surface area contributed by atoms with Crippen LogP contribution >= 0.6 is 0 Å². The molecule has 0 aliphatic carbocycles. The molecule has 0 fully saturated rings. The van der Waals surface area contributed by atoms with E-state index in [1.807, 2.05) is 25.5 Å². The van der Waals surface area contributed by atoms with Gasteiger partial charge in [-0.25, -0.2) is 4.68 Å². The summed E-state index contributed by atoms with van der Waals surface area (Å²) in [6.07, 6.45) is 12.4. The topological polar surface area (TPSA) is 71.3 Å². The van der Waals surface area contributed by atoms with Gasteiger partial charge in [-0.1, -0.05) is 51.9 Å². The molecule has 0 saturated carbocycles. The number of nitrogens with zero attached hydrogens (tertiary/aromatic N) is 4. The minimum Gasteiger partial charge on any atom is -0.374 e. The summed E-state index contributed by atoms with van der Waals surface area (Å²) in [5.74, 6) is 0.988. The molecule has 0 amide bonds. The number of hydrogen-bond donors (Lipinski definition) is 0. The van der Waals surface area contributed by atoms with Gasteiger partial charge in [0.25, 0.3) is 0 Å². The molecule has 0 atom stereocenters. The van der Waals surface area contributed by atoms with Crippen LogP contribution in [0.1, 0.15) is 91.3 Å². The summed E-state index contributed by atoms with van der Waals surface area (Å²) in [5.41, 5.74) is 0. The van der Waals surface area contributed by atoms with Crippen molar-refractivity contribution in [2.24, 2.45) is 0 Å². The molecule has 1 aromatic heterocycles. The van der Waals surface area contributed by atoms with E-state index < -0.39 is 8.80 Å². The van der Waals surface area contributed by atoms with Crippen LogP contribution in [0, 0.1) is 0 Å². The van der Waals surface area contributed by atoms with E-state index in [1.54, 1.807) is 0 Å². The van der Waals surface area contributed by atoms with Gasteiger partial charge in [0.2, 0.25) is 0 Å². The largest absolute Gasteiger partial charge is 0.500 e. The normalized spacial score (nSPS) is 12.0. The Kier molecular flexibility index (Phi) is 14.4. The van der Waals surface area contributed by atoms with Crippen LogP contribution in [-0.2, 0) is 26.2 Å². The molecule has 164 valence electrons. The lowest BCUT2D eigenvalue weighted by atomic mass is 10.1. The number of aryl methyl sites for hydroxylation is 2. The van der Waals surface area contributed by atoms with Gasteiger partial charge in [0, 0.05) is 38.8 Å². The first-order valence-corrected chi connectivity index (χ1v) is 13.3. The molecule has 0 aliphatic heterocycles. The van der Waals surface area contributed by atoms with Gasteiger partial charge in [-0.15, -0.1) is 5.10 Å². The monoisotopic (exact) mass is 414 g/mol. The molecule has 0 aliphatic rings. The van der Waals surface area contributed by atoms with Crippen molar-refractivity contribution in [3.63, 3.8) is 0 Å². The number of tetrazole rings is 1. The maximum absolute atomic E-state index is 5.92. The van der Waals surface area contributed by atoms with Crippen LogP contribution in [0.4, 0.5) is 0 Å². The molecule has 7 nitrogen and oxygen atoms in total. The van der Waals surface area contributed by atoms with E-state index in [0.717, 1.165) is 37.7 Å². The molecule has 1 rings (SSSR count). The Morgan fingerprint density at radius 3 is 1.89 bits per heavy atom. The second kappa shape index (κ2) is 16.0. The van der Waals surface area contributed by atoms with Crippen LogP contribution in [0.25, 0.3) is 0 Å². The molecule has 0 radical (unpaired) electrons. The maximum atomic E-state index is 5.92. The van der Waals surface area contributed by atoms with Gasteiger partial charge in [-0.05, 0) is 44.0 Å². The van der Waals surface area contributed by atoms with Crippen LogP contribution < -0.4 is 0 Å². The van der Waals surface area contributed by atoms with E-state index in [-0.39, 0.29) is 0 Å². The van der Waals surface area contributed by atoms with E-state index in [0.29, 0.717) is 19.8 Å².